The van der Waals surface area contributed by atoms with Crippen LogP contribution < -0.4 is 0 Å². The van der Waals surface area contributed by atoms with Crippen LogP contribution in [0.1, 0.15) is 25.0 Å². The number of hydrogen-bond donors (Lipinski definition) is 0. The molecule has 0 N–H and O–H groups in total. The Morgan fingerprint density at radius 3 is 3.00 bits per heavy atom. The van der Waals surface area contributed by atoms with E-state index in [1.807, 2.05) is 12.1 Å². The molecule has 0 aliphatic heterocycles. The second kappa shape index (κ2) is 2.72. The molecule has 0 bridgehead atoms. The minimum absolute atomic E-state index is 0.319. The molecule has 0 aromatic carbocycles. The summed E-state index contributed by atoms with van der Waals surface area (Å²) < 4.78 is 5.12. The fraction of sp³-hybridized carbons (Fsp3) is 0.375. The molecule has 0 aliphatic rings. The van der Waals surface area contributed by atoms with Gasteiger partial charge in [0.1, 0.15) is 5.76 Å². The van der Waals surface area contributed by atoms with Crippen LogP contribution in [-0.2, 0) is 0 Å². The minimum Gasteiger partial charge on any atom is -0.469 e. The number of hydrogen-bond acceptors (Lipinski definition) is 1. The topological polar surface area (TPSA) is 13.1 Å². The third-order valence-electron chi connectivity index (χ3n) is 1.44. The van der Waals surface area contributed by atoms with Crippen LogP contribution in [0.25, 0.3) is 0 Å². The van der Waals surface area contributed by atoms with E-state index in [9.17, 15) is 0 Å². The Morgan fingerprint density at radius 1 is 1.78 bits per heavy atom. The van der Waals surface area contributed by atoms with Crippen molar-refractivity contribution in [3.63, 3.8) is 0 Å². The quantitative estimate of drug-likeness (QED) is 0.589. The monoisotopic (exact) mass is 123 g/mol. The Labute approximate surface area is 55.7 Å². The summed E-state index contributed by atoms with van der Waals surface area (Å²) in [6.45, 7) is 6.00. The first-order chi connectivity index (χ1) is 4.34. The van der Waals surface area contributed by atoms with Crippen molar-refractivity contribution in [1.82, 2.24) is 0 Å². The van der Waals surface area contributed by atoms with Crippen LogP contribution in [0.3, 0.4) is 0 Å². The smallest absolute Gasteiger partial charge is 0.106 e. The van der Waals surface area contributed by atoms with Crippen LogP contribution in [0.15, 0.2) is 22.8 Å². The van der Waals surface area contributed by atoms with Gasteiger partial charge in [0, 0.05) is 5.92 Å². The minimum atomic E-state index is 0.319. The molecular formula is C8H11O. The molecule has 49 valence electrons. The van der Waals surface area contributed by atoms with E-state index in [0.29, 0.717) is 5.92 Å². The van der Waals surface area contributed by atoms with E-state index in [4.69, 9.17) is 4.42 Å². The highest BCUT2D eigenvalue weighted by atomic mass is 16.3. The summed E-state index contributed by atoms with van der Waals surface area (Å²) in [5, 5.41) is 0. The maximum atomic E-state index is 5.12. The highest BCUT2D eigenvalue weighted by molar-refractivity contribution is 5.05. The summed E-state index contributed by atoms with van der Waals surface area (Å²) in [6, 6.07) is 3.85. The van der Waals surface area contributed by atoms with Crippen molar-refractivity contribution >= 4 is 0 Å². The van der Waals surface area contributed by atoms with Gasteiger partial charge in [-0.25, -0.2) is 0 Å². The Hall–Kier alpha value is -0.720. The largest absolute Gasteiger partial charge is 0.469 e. The summed E-state index contributed by atoms with van der Waals surface area (Å²) in [7, 11) is 0. The summed E-state index contributed by atoms with van der Waals surface area (Å²) in [5.41, 5.74) is 0. The Bertz CT molecular complexity index is 153. The molecular weight excluding hydrogens is 112 g/mol. The maximum absolute atomic E-state index is 5.12. The fourth-order valence-electron chi connectivity index (χ4n) is 0.725. The molecule has 1 heterocycles. The standard InChI is InChI=1S/C8H11O/c1-3-7(2)8-5-4-6-9-8/h4-7H,2-3H2,1H3. The van der Waals surface area contributed by atoms with Gasteiger partial charge in [0.15, 0.2) is 0 Å². The second-order valence-electron chi connectivity index (χ2n) is 2.12. The summed E-state index contributed by atoms with van der Waals surface area (Å²) in [5.74, 6) is 1.30. The Balaban J connectivity index is 2.65. The molecule has 1 aromatic heterocycles. The van der Waals surface area contributed by atoms with Gasteiger partial charge in [0.05, 0.1) is 6.26 Å². The van der Waals surface area contributed by atoms with E-state index in [1.54, 1.807) is 6.26 Å². The lowest BCUT2D eigenvalue weighted by Crippen LogP contribution is -1.86. The van der Waals surface area contributed by atoms with Crippen molar-refractivity contribution < 1.29 is 4.42 Å². The van der Waals surface area contributed by atoms with Gasteiger partial charge in [-0.05, 0) is 25.5 Å². The SMILES string of the molecule is [CH2]C(CC)c1ccco1. The molecule has 0 fully saturated rings. The van der Waals surface area contributed by atoms with Crippen LogP contribution >= 0.6 is 0 Å². The van der Waals surface area contributed by atoms with Crippen LogP contribution in [0.2, 0.25) is 0 Å². The Kier molecular flexibility index (Phi) is 1.93. The molecule has 0 saturated carbocycles. The first kappa shape index (κ1) is 6.40. The molecule has 0 amide bonds. The first-order valence-electron chi connectivity index (χ1n) is 3.21. The van der Waals surface area contributed by atoms with E-state index in [0.717, 1.165) is 12.2 Å². The molecule has 1 heteroatoms. The van der Waals surface area contributed by atoms with Crippen LogP contribution in [0.4, 0.5) is 0 Å². The lowest BCUT2D eigenvalue weighted by Gasteiger charge is -2.00. The summed E-state index contributed by atoms with van der Waals surface area (Å²) >= 11 is 0. The average Bonchev–Trinajstić information content (AvgIpc) is 2.37. The van der Waals surface area contributed by atoms with Crippen molar-refractivity contribution in [1.29, 1.82) is 0 Å². The van der Waals surface area contributed by atoms with Gasteiger partial charge in [0.2, 0.25) is 0 Å². The first-order valence-corrected chi connectivity index (χ1v) is 3.21. The molecule has 9 heavy (non-hydrogen) atoms. The zero-order chi connectivity index (χ0) is 6.69. The van der Waals surface area contributed by atoms with Crippen molar-refractivity contribution in [2.24, 2.45) is 0 Å². The molecule has 0 aliphatic carbocycles. The second-order valence-corrected chi connectivity index (χ2v) is 2.12. The van der Waals surface area contributed by atoms with Crippen molar-refractivity contribution in [3.8, 4) is 0 Å². The predicted molar refractivity (Wildman–Crippen MR) is 37.1 cm³/mol. The van der Waals surface area contributed by atoms with E-state index >= 15 is 0 Å². The lowest BCUT2D eigenvalue weighted by atomic mass is 10.1. The lowest BCUT2D eigenvalue weighted by molar-refractivity contribution is 0.484. The predicted octanol–water partition coefficient (Wildman–Crippen LogP) is 2.61. The normalized spacial score (nSPS) is 13.6. The summed E-state index contributed by atoms with van der Waals surface area (Å²) in [4.78, 5) is 0. The highest BCUT2D eigenvalue weighted by Gasteiger charge is 2.03. The van der Waals surface area contributed by atoms with Gasteiger partial charge in [-0.3, -0.25) is 0 Å². The number of rotatable bonds is 2. The molecule has 0 spiro atoms. The van der Waals surface area contributed by atoms with Crippen LogP contribution in [0, 0.1) is 6.92 Å². The van der Waals surface area contributed by atoms with Crippen LogP contribution in [-0.4, -0.2) is 0 Å². The number of furan rings is 1. The molecule has 1 radical (unpaired) electrons. The molecule has 1 atom stereocenters. The fourth-order valence-corrected chi connectivity index (χ4v) is 0.725. The van der Waals surface area contributed by atoms with Gasteiger partial charge < -0.3 is 4.42 Å². The molecule has 0 saturated heterocycles. The highest BCUT2D eigenvalue weighted by Crippen LogP contribution is 2.17. The van der Waals surface area contributed by atoms with E-state index in [-0.39, 0.29) is 0 Å². The van der Waals surface area contributed by atoms with Gasteiger partial charge in [-0.15, -0.1) is 0 Å². The van der Waals surface area contributed by atoms with Crippen molar-refractivity contribution in [2.45, 2.75) is 19.3 Å². The average molecular weight is 123 g/mol. The molecule has 1 rings (SSSR count). The van der Waals surface area contributed by atoms with Gasteiger partial charge in [-0.2, -0.15) is 0 Å². The molecule has 1 unspecified atom stereocenters. The van der Waals surface area contributed by atoms with Gasteiger partial charge in [-0.1, -0.05) is 6.92 Å². The zero-order valence-electron chi connectivity index (χ0n) is 5.63. The molecule has 1 aromatic rings. The van der Waals surface area contributed by atoms with E-state index in [1.165, 1.54) is 0 Å². The Morgan fingerprint density at radius 2 is 2.56 bits per heavy atom. The van der Waals surface area contributed by atoms with E-state index in [2.05, 4.69) is 13.8 Å². The van der Waals surface area contributed by atoms with Crippen LogP contribution in [0.5, 0.6) is 0 Å². The van der Waals surface area contributed by atoms with Crippen molar-refractivity contribution in [3.05, 3.63) is 31.1 Å². The van der Waals surface area contributed by atoms with Gasteiger partial charge >= 0.3 is 0 Å². The molecule has 1 nitrogen and oxygen atoms in total. The van der Waals surface area contributed by atoms with E-state index < -0.39 is 0 Å². The third kappa shape index (κ3) is 1.35. The van der Waals surface area contributed by atoms with Crippen molar-refractivity contribution in [2.75, 3.05) is 0 Å². The zero-order valence-corrected chi connectivity index (χ0v) is 5.63. The third-order valence-corrected chi connectivity index (χ3v) is 1.44. The summed E-state index contributed by atoms with van der Waals surface area (Å²) in [6.07, 6.45) is 2.72. The maximum Gasteiger partial charge on any atom is 0.106 e. The van der Waals surface area contributed by atoms with Gasteiger partial charge in [0.25, 0.3) is 0 Å².